The van der Waals surface area contributed by atoms with E-state index in [0.29, 0.717) is 0 Å². The third kappa shape index (κ3) is 26.7. The molecular weight excluding hydrogens is 327 g/mol. The van der Waals surface area contributed by atoms with Gasteiger partial charge in [0.1, 0.15) is 0 Å². The zero-order valence-electron chi connectivity index (χ0n) is 11.5. The molecule has 0 unspecified atom stereocenters. The average molecular weight is 351 g/mol. The van der Waals surface area contributed by atoms with Gasteiger partial charge in [0.2, 0.25) is 0 Å². The fourth-order valence-corrected chi connectivity index (χ4v) is 1.53. The van der Waals surface area contributed by atoms with Gasteiger partial charge in [0.15, 0.2) is 0 Å². The summed E-state index contributed by atoms with van der Waals surface area (Å²) < 4.78 is 34.1. The Balaban J connectivity index is 0. The van der Waals surface area contributed by atoms with E-state index in [0.717, 1.165) is 52.4 Å². The molecule has 1 heterocycles. The molecule has 20 heavy (non-hydrogen) atoms. The van der Waals surface area contributed by atoms with Gasteiger partial charge < -0.3 is 30.4 Å². The van der Waals surface area contributed by atoms with Gasteiger partial charge >= 0.3 is 17.1 Å². The summed E-state index contributed by atoms with van der Waals surface area (Å²) in [5.74, 6) is 0. The molecule has 1 aliphatic heterocycles. The van der Waals surface area contributed by atoms with Gasteiger partial charge in [-0.15, -0.1) is 0 Å². The quantitative estimate of drug-likeness (QED) is 0.220. The molecule has 8 nitrogen and oxygen atoms in total. The van der Waals surface area contributed by atoms with E-state index in [1.54, 1.807) is 0 Å². The Morgan fingerprint density at radius 1 is 0.600 bits per heavy atom. The summed E-state index contributed by atoms with van der Waals surface area (Å²) in [6.45, 7) is 8.87. The molecule has 121 valence electrons. The Labute approximate surface area is 131 Å². The van der Waals surface area contributed by atoms with E-state index in [1.165, 1.54) is 12.8 Å². The fourth-order valence-electron chi connectivity index (χ4n) is 1.53. The van der Waals surface area contributed by atoms with E-state index in [2.05, 4.69) is 21.3 Å². The van der Waals surface area contributed by atoms with Crippen molar-refractivity contribution in [1.82, 2.24) is 21.3 Å². The van der Waals surface area contributed by atoms with E-state index in [4.69, 9.17) is 17.5 Å². The van der Waals surface area contributed by atoms with Crippen LogP contribution in [0.25, 0.3) is 0 Å². The second kappa shape index (κ2) is 15.6. The van der Waals surface area contributed by atoms with E-state index in [-0.39, 0.29) is 17.1 Å². The van der Waals surface area contributed by atoms with Crippen molar-refractivity contribution in [2.75, 3.05) is 52.4 Å². The van der Waals surface area contributed by atoms with Crippen LogP contribution in [0.4, 0.5) is 0 Å². The molecule has 0 aromatic rings. The molecule has 0 spiro atoms. The van der Waals surface area contributed by atoms with Crippen LogP contribution in [-0.2, 0) is 27.5 Å². The van der Waals surface area contributed by atoms with Gasteiger partial charge in [-0.05, 0) is 39.0 Å². The number of hydrogen-bond acceptors (Lipinski definition) is 8. The first-order valence-electron chi connectivity index (χ1n) is 6.50. The first kappa shape index (κ1) is 22.5. The predicted molar refractivity (Wildman–Crippen MR) is 71.2 cm³/mol. The molecule has 0 bridgehead atoms. The minimum atomic E-state index is -5.17. The van der Waals surface area contributed by atoms with Crippen molar-refractivity contribution in [3.05, 3.63) is 0 Å². The summed E-state index contributed by atoms with van der Waals surface area (Å²) in [6.07, 6.45) is 2.46. The zero-order valence-corrected chi connectivity index (χ0v) is 13.5. The summed E-state index contributed by atoms with van der Waals surface area (Å²) >= 11 is 0. The maximum Gasteiger partial charge on any atom is 2.00 e. The third-order valence-corrected chi connectivity index (χ3v) is 2.37. The van der Waals surface area contributed by atoms with Crippen molar-refractivity contribution >= 4 is 10.4 Å². The van der Waals surface area contributed by atoms with Crippen LogP contribution in [0.2, 0.25) is 0 Å². The standard InChI is InChI=1S/C10H24N4.Mn.H2O4S/c1-3-11-4-2-6-13-8-10-14-9-7-12-5-1;;1-5(2,3)4/h11-14H,1-10H2;;(H2,1,2,3,4)/q;+2;/p-2. The molecule has 0 amide bonds. The van der Waals surface area contributed by atoms with Crippen molar-refractivity contribution in [1.29, 1.82) is 0 Å². The fraction of sp³-hybridized carbons (Fsp3) is 1.00. The molecule has 1 rings (SSSR count). The molecule has 0 saturated carbocycles. The summed E-state index contributed by atoms with van der Waals surface area (Å²) in [5.41, 5.74) is 0. The monoisotopic (exact) mass is 351 g/mol. The van der Waals surface area contributed by atoms with E-state index < -0.39 is 10.4 Å². The largest absolute Gasteiger partial charge is 2.00 e. The van der Waals surface area contributed by atoms with Crippen molar-refractivity contribution in [3.63, 3.8) is 0 Å². The molecule has 0 aromatic heterocycles. The molecule has 1 aliphatic rings. The third-order valence-electron chi connectivity index (χ3n) is 2.37. The topological polar surface area (TPSA) is 128 Å². The van der Waals surface area contributed by atoms with Gasteiger partial charge in [-0.2, -0.15) is 0 Å². The van der Waals surface area contributed by atoms with Crippen molar-refractivity contribution in [2.45, 2.75) is 12.8 Å². The second-order valence-corrected chi connectivity index (χ2v) is 4.93. The van der Waals surface area contributed by atoms with Gasteiger partial charge in [0.25, 0.3) is 0 Å². The Bertz CT molecular complexity index is 232. The van der Waals surface area contributed by atoms with Gasteiger partial charge in [0, 0.05) is 36.6 Å². The van der Waals surface area contributed by atoms with Crippen molar-refractivity contribution in [3.8, 4) is 0 Å². The normalized spacial score (nSPS) is 19.7. The molecule has 0 atom stereocenters. The average Bonchev–Trinajstić information content (AvgIpc) is 2.30. The first-order chi connectivity index (χ1) is 9.00. The molecule has 10 heteroatoms. The molecule has 0 aromatic carbocycles. The predicted octanol–water partition coefficient (Wildman–Crippen LogP) is -2.20. The van der Waals surface area contributed by atoms with Gasteiger partial charge in [0.05, 0.1) is 0 Å². The molecule has 0 aliphatic carbocycles. The number of nitrogens with one attached hydrogen (secondary N) is 4. The van der Waals surface area contributed by atoms with Crippen LogP contribution < -0.4 is 21.3 Å². The summed E-state index contributed by atoms with van der Waals surface area (Å²) in [4.78, 5) is 0. The van der Waals surface area contributed by atoms with Crippen molar-refractivity contribution in [2.24, 2.45) is 0 Å². The van der Waals surface area contributed by atoms with Crippen LogP contribution in [0.5, 0.6) is 0 Å². The van der Waals surface area contributed by atoms with Crippen LogP contribution in [0.1, 0.15) is 12.8 Å². The molecule has 1 fully saturated rings. The maximum absolute atomic E-state index is 8.52. The number of hydrogen-bond donors (Lipinski definition) is 4. The van der Waals surface area contributed by atoms with E-state index in [9.17, 15) is 0 Å². The van der Waals surface area contributed by atoms with Crippen LogP contribution in [0, 0.1) is 0 Å². The van der Waals surface area contributed by atoms with E-state index >= 15 is 0 Å². The van der Waals surface area contributed by atoms with Crippen LogP contribution in [0.3, 0.4) is 0 Å². The summed E-state index contributed by atoms with van der Waals surface area (Å²) in [7, 11) is -5.17. The first-order valence-corrected chi connectivity index (χ1v) is 7.83. The minimum Gasteiger partial charge on any atom is -0.759 e. The molecule has 1 saturated heterocycles. The Morgan fingerprint density at radius 2 is 0.800 bits per heavy atom. The SMILES string of the molecule is C1CNCCCNCCNCCNC1.O=S(=O)([O-])[O-].[Mn+2]. The minimum absolute atomic E-state index is 0. The van der Waals surface area contributed by atoms with E-state index in [1.807, 2.05) is 0 Å². The molecular formula is C10H24MnN4O4S. The Kier molecular flexibility index (Phi) is 17.6. The van der Waals surface area contributed by atoms with Crippen molar-refractivity contribution < 1.29 is 34.6 Å². The van der Waals surface area contributed by atoms with Gasteiger partial charge in [-0.25, -0.2) is 0 Å². The molecule has 4 N–H and O–H groups in total. The second-order valence-electron chi connectivity index (χ2n) is 4.12. The maximum atomic E-state index is 8.52. The van der Waals surface area contributed by atoms with Gasteiger partial charge in [-0.3, -0.25) is 8.42 Å². The smallest absolute Gasteiger partial charge is 0.759 e. The zero-order chi connectivity index (χ0) is 14.4. The molecule has 1 radical (unpaired) electrons. The Hall–Kier alpha value is 0.229. The summed E-state index contributed by atoms with van der Waals surface area (Å²) in [6, 6.07) is 0. The summed E-state index contributed by atoms with van der Waals surface area (Å²) in [5, 5.41) is 13.7. The number of rotatable bonds is 0. The van der Waals surface area contributed by atoms with Crippen LogP contribution in [0.15, 0.2) is 0 Å². The Morgan fingerprint density at radius 3 is 1.10 bits per heavy atom. The van der Waals surface area contributed by atoms with Crippen LogP contribution >= 0.6 is 0 Å². The van der Waals surface area contributed by atoms with Gasteiger partial charge in [-0.1, -0.05) is 0 Å². The van der Waals surface area contributed by atoms with Crippen LogP contribution in [-0.4, -0.2) is 69.9 Å².